The minimum absolute atomic E-state index is 0.664. The molecule has 1 aromatic carbocycles. The van der Waals surface area contributed by atoms with Crippen molar-refractivity contribution in [3.8, 4) is 0 Å². The predicted molar refractivity (Wildman–Crippen MR) is 80.8 cm³/mol. The van der Waals surface area contributed by atoms with Gasteiger partial charge >= 0.3 is 0 Å². The minimum Gasteiger partial charge on any atom is -0.398 e. The van der Waals surface area contributed by atoms with Crippen LogP contribution in [0.1, 0.15) is 5.56 Å². The van der Waals surface area contributed by atoms with Crippen molar-refractivity contribution in [2.45, 2.75) is 11.8 Å². The maximum absolute atomic E-state index is 12.3. The molecule has 1 aromatic rings. The van der Waals surface area contributed by atoms with E-state index < -0.39 is 10.8 Å². The molecule has 1 saturated heterocycles. The molecule has 4 nitrogen and oxygen atoms in total. The number of likely N-dealkylation sites (N-methyl/N-ethyl adjacent to an activating group) is 1. The molecular weight excluding hydrogens is 258 g/mol. The molecule has 0 bridgehead atoms. The Hall–Kier alpha value is -0.910. The first kappa shape index (κ1) is 14.5. The number of anilines is 1. The first-order valence-corrected chi connectivity index (χ1v) is 8.04. The number of nitrogens with zero attached hydrogens (tertiary/aromatic N) is 2. The second-order valence-corrected chi connectivity index (χ2v) is 6.72. The van der Waals surface area contributed by atoms with E-state index in [2.05, 4.69) is 16.8 Å². The summed E-state index contributed by atoms with van der Waals surface area (Å²) in [7, 11) is 1.15. The average Bonchev–Trinajstić information content (AvgIpc) is 2.41. The van der Waals surface area contributed by atoms with E-state index in [1.165, 1.54) is 0 Å². The molecule has 5 heteroatoms. The summed E-state index contributed by atoms with van der Waals surface area (Å²) in [6, 6.07) is 5.76. The molecule has 1 unspecified atom stereocenters. The van der Waals surface area contributed by atoms with E-state index in [0.29, 0.717) is 11.4 Å². The third kappa shape index (κ3) is 3.78. The quantitative estimate of drug-likeness (QED) is 0.834. The van der Waals surface area contributed by atoms with E-state index in [9.17, 15) is 4.21 Å². The monoisotopic (exact) mass is 281 g/mol. The Kier molecular flexibility index (Phi) is 4.96. The molecule has 0 aromatic heterocycles. The maximum Gasteiger partial charge on any atom is 0.0620 e. The molecule has 0 saturated carbocycles. The molecule has 0 amide bonds. The van der Waals surface area contributed by atoms with Crippen LogP contribution in [0.25, 0.3) is 0 Å². The maximum atomic E-state index is 12.3. The van der Waals surface area contributed by atoms with Gasteiger partial charge in [-0.2, -0.15) is 0 Å². The Morgan fingerprint density at radius 1 is 1.26 bits per heavy atom. The van der Waals surface area contributed by atoms with E-state index in [0.717, 1.165) is 43.2 Å². The topological polar surface area (TPSA) is 49.6 Å². The fourth-order valence-corrected chi connectivity index (χ4v) is 3.53. The van der Waals surface area contributed by atoms with Gasteiger partial charge in [-0.05, 0) is 25.6 Å². The van der Waals surface area contributed by atoms with E-state index in [4.69, 9.17) is 5.73 Å². The van der Waals surface area contributed by atoms with E-state index in [1.54, 1.807) is 0 Å². The molecule has 19 heavy (non-hydrogen) atoms. The number of rotatable bonds is 4. The number of benzene rings is 1. The van der Waals surface area contributed by atoms with Crippen molar-refractivity contribution in [3.05, 3.63) is 23.8 Å². The normalized spacial score (nSPS) is 19.5. The summed E-state index contributed by atoms with van der Waals surface area (Å²) in [5.41, 5.74) is 7.68. The predicted octanol–water partition coefficient (Wildman–Crippen LogP) is 0.932. The smallest absolute Gasteiger partial charge is 0.0620 e. The number of piperazine rings is 1. The van der Waals surface area contributed by atoms with Gasteiger partial charge in [-0.15, -0.1) is 0 Å². The second kappa shape index (κ2) is 6.50. The molecule has 1 aliphatic rings. The van der Waals surface area contributed by atoms with Gasteiger partial charge in [-0.25, -0.2) is 0 Å². The van der Waals surface area contributed by atoms with Crippen LogP contribution in [0.4, 0.5) is 5.69 Å². The summed E-state index contributed by atoms with van der Waals surface area (Å²) in [6.07, 6.45) is 0. The Morgan fingerprint density at radius 3 is 2.63 bits per heavy atom. The summed E-state index contributed by atoms with van der Waals surface area (Å²) >= 11 is 0. The van der Waals surface area contributed by atoms with Crippen molar-refractivity contribution in [1.29, 1.82) is 0 Å². The Labute approximate surface area is 118 Å². The first-order chi connectivity index (χ1) is 9.08. The van der Waals surface area contributed by atoms with Gasteiger partial charge in [0.05, 0.1) is 21.4 Å². The molecule has 1 aliphatic heterocycles. The molecule has 0 spiro atoms. The molecule has 1 atom stereocenters. The fraction of sp³-hybridized carbons (Fsp3) is 0.571. The van der Waals surface area contributed by atoms with Crippen molar-refractivity contribution in [2.24, 2.45) is 0 Å². The van der Waals surface area contributed by atoms with Crippen LogP contribution in [0.15, 0.2) is 23.1 Å². The molecular formula is C14H23N3OS. The van der Waals surface area contributed by atoms with Gasteiger partial charge in [0.2, 0.25) is 0 Å². The Balaban J connectivity index is 1.89. The first-order valence-electron chi connectivity index (χ1n) is 6.72. The highest BCUT2D eigenvalue weighted by molar-refractivity contribution is 7.85. The van der Waals surface area contributed by atoms with Crippen molar-refractivity contribution in [3.63, 3.8) is 0 Å². The van der Waals surface area contributed by atoms with Crippen LogP contribution in [0, 0.1) is 6.92 Å². The highest BCUT2D eigenvalue weighted by Crippen LogP contribution is 2.20. The van der Waals surface area contributed by atoms with E-state index in [1.807, 2.05) is 25.1 Å². The molecule has 0 radical (unpaired) electrons. The lowest BCUT2D eigenvalue weighted by molar-refractivity contribution is 0.161. The summed E-state index contributed by atoms with van der Waals surface area (Å²) in [4.78, 5) is 5.49. The van der Waals surface area contributed by atoms with Gasteiger partial charge in [-0.3, -0.25) is 9.11 Å². The average molecular weight is 281 g/mol. The van der Waals surface area contributed by atoms with Gasteiger partial charge in [0.25, 0.3) is 0 Å². The number of hydrogen-bond donors (Lipinski definition) is 1. The number of aryl methyl sites for hydroxylation is 1. The molecule has 106 valence electrons. The van der Waals surface area contributed by atoms with Crippen molar-refractivity contribution >= 4 is 16.5 Å². The van der Waals surface area contributed by atoms with Crippen LogP contribution >= 0.6 is 0 Å². The van der Waals surface area contributed by atoms with Crippen molar-refractivity contribution in [1.82, 2.24) is 9.80 Å². The second-order valence-electron chi connectivity index (χ2n) is 5.18. The highest BCUT2D eigenvalue weighted by atomic mass is 32.2. The molecule has 0 aliphatic carbocycles. The summed E-state index contributed by atoms with van der Waals surface area (Å²) < 4.78 is 12.3. The lowest BCUT2D eigenvalue weighted by Crippen LogP contribution is -2.45. The Bertz CT molecular complexity index is 456. The highest BCUT2D eigenvalue weighted by Gasteiger charge is 2.15. The van der Waals surface area contributed by atoms with Gasteiger partial charge in [0, 0.05) is 38.5 Å². The van der Waals surface area contributed by atoms with Crippen LogP contribution in [0.3, 0.4) is 0 Å². The number of nitrogen functional groups attached to an aromatic ring is 1. The van der Waals surface area contributed by atoms with Crippen LogP contribution in [-0.4, -0.2) is 59.5 Å². The van der Waals surface area contributed by atoms with E-state index in [-0.39, 0.29) is 0 Å². The summed E-state index contributed by atoms with van der Waals surface area (Å²) in [5.74, 6) is 0.664. The van der Waals surface area contributed by atoms with Crippen LogP contribution in [0.5, 0.6) is 0 Å². The van der Waals surface area contributed by atoms with Gasteiger partial charge in [-0.1, -0.05) is 12.1 Å². The largest absolute Gasteiger partial charge is 0.398 e. The third-order valence-corrected chi connectivity index (χ3v) is 5.12. The minimum atomic E-state index is -0.996. The summed E-state index contributed by atoms with van der Waals surface area (Å²) in [5, 5.41) is 0. The van der Waals surface area contributed by atoms with Gasteiger partial charge in [0.1, 0.15) is 0 Å². The van der Waals surface area contributed by atoms with E-state index >= 15 is 0 Å². The van der Waals surface area contributed by atoms with Gasteiger partial charge < -0.3 is 10.6 Å². The molecule has 1 fully saturated rings. The number of para-hydroxylation sites is 1. The van der Waals surface area contributed by atoms with Crippen LogP contribution < -0.4 is 5.73 Å². The number of hydrogen-bond acceptors (Lipinski definition) is 4. The molecule has 2 N–H and O–H groups in total. The number of nitrogens with two attached hydrogens (primary N) is 1. The fourth-order valence-electron chi connectivity index (χ4n) is 2.25. The van der Waals surface area contributed by atoms with Crippen LogP contribution in [-0.2, 0) is 10.8 Å². The van der Waals surface area contributed by atoms with Crippen molar-refractivity contribution in [2.75, 3.05) is 51.3 Å². The summed E-state index contributed by atoms with van der Waals surface area (Å²) in [6.45, 7) is 7.16. The molecule has 1 heterocycles. The lowest BCUT2D eigenvalue weighted by Gasteiger charge is -2.32. The van der Waals surface area contributed by atoms with Gasteiger partial charge in [0.15, 0.2) is 0 Å². The Morgan fingerprint density at radius 2 is 1.95 bits per heavy atom. The lowest BCUT2D eigenvalue weighted by atomic mass is 10.2. The standard InChI is InChI=1S/C14H23N3OS/c1-12-4-3-5-13(14(12)15)19(18)11-10-17-8-6-16(2)7-9-17/h3-5H,6-11,15H2,1-2H3. The van der Waals surface area contributed by atoms with Crippen molar-refractivity contribution < 1.29 is 4.21 Å². The zero-order valence-corrected chi connectivity index (χ0v) is 12.6. The molecule has 2 rings (SSSR count). The zero-order valence-electron chi connectivity index (χ0n) is 11.8. The van der Waals surface area contributed by atoms with Crippen LogP contribution in [0.2, 0.25) is 0 Å². The SMILES string of the molecule is Cc1cccc(S(=O)CCN2CCN(C)CC2)c1N. The zero-order chi connectivity index (χ0) is 13.8. The third-order valence-electron chi connectivity index (χ3n) is 3.72.